The van der Waals surface area contributed by atoms with Gasteiger partial charge < -0.3 is 9.64 Å². The van der Waals surface area contributed by atoms with Crippen molar-refractivity contribution in [3.8, 4) is 0 Å². The second-order valence-electron chi connectivity index (χ2n) is 6.02. The standard InChI is InChI=1S/C19H23N3O4/c1-4-21(12-14(2)3)18(24)13-26-19(25)9-10-22-16-8-6-5-7-15(16)17(23)11-20-22/h5-8,11H,2,4,9-10,12-13H2,1,3H3. The Morgan fingerprint density at radius 1 is 1.31 bits per heavy atom. The molecule has 0 unspecified atom stereocenters. The van der Waals surface area contributed by atoms with Crippen LogP contribution >= 0.6 is 0 Å². The molecule has 0 N–H and O–H groups in total. The number of amides is 1. The Morgan fingerprint density at radius 3 is 2.73 bits per heavy atom. The lowest BCUT2D eigenvalue weighted by Gasteiger charge is -2.20. The van der Waals surface area contributed by atoms with Gasteiger partial charge in [0.25, 0.3) is 5.91 Å². The summed E-state index contributed by atoms with van der Waals surface area (Å²) < 4.78 is 6.65. The van der Waals surface area contributed by atoms with Gasteiger partial charge in [0.15, 0.2) is 6.61 Å². The number of nitrogens with zero attached hydrogens (tertiary/aromatic N) is 3. The van der Waals surface area contributed by atoms with Gasteiger partial charge in [-0.25, -0.2) is 0 Å². The highest BCUT2D eigenvalue weighted by Crippen LogP contribution is 2.08. The molecule has 1 amide bonds. The Kier molecular flexibility index (Phi) is 6.66. The van der Waals surface area contributed by atoms with E-state index in [1.807, 2.05) is 13.8 Å². The fourth-order valence-corrected chi connectivity index (χ4v) is 2.54. The number of fused-ring (bicyclic) bond motifs is 1. The minimum absolute atomic E-state index is 0.0553. The van der Waals surface area contributed by atoms with Crippen LogP contribution in [0.25, 0.3) is 10.9 Å². The van der Waals surface area contributed by atoms with Gasteiger partial charge in [-0.3, -0.25) is 19.1 Å². The van der Waals surface area contributed by atoms with Crippen molar-refractivity contribution >= 4 is 22.8 Å². The summed E-state index contributed by atoms with van der Waals surface area (Å²) in [5, 5.41) is 4.61. The molecule has 138 valence electrons. The maximum atomic E-state index is 12.1. The van der Waals surface area contributed by atoms with Crippen LogP contribution in [0.2, 0.25) is 0 Å². The molecule has 0 atom stereocenters. The maximum Gasteiger partial charge on any atom is 0.308 e. The monoisotopic (exact) mass is 357 g/mol. The average molecular weight is 357 g/mol. The summed E-state index contributed by atoms with van der Waals surface area (Å²) >= 11 is 0. The number of hydrogen-bond donors (Lipinski definition) is 0. The first-order valence-electron chi connectivity index (χ1n) is 8.45. The Morgan fingerprint density at radius 2 is 2.04 bits per heavy atom. The molecule has 7 nitrogen and oxygen atoms in total. The van der Waals surface area contributed by atoms with Gasteiger partial charge in [0, 0.05) is 18.5 Å². The second-order valence-corrected chi connectivity index (χ2v) is 6.02. The highest BCUT2D eigenvalue weighted by Gasteiger charge is 2.14. The molecule has 2 rings (SSSR count). The number of benzene rings is 1. The number of carbonyl (C=O) groups excluding carboxylic acids is 2. The summed E-state index contributed by atoms with van der Waals surface area (Å²) in [5.41, 5.74) is 1.35. The molecule has 0 spiro atoms. The number of hydrogen-bond acceptors (Lipinski definition) is 5. The van der Waals surface area contributed by atoms with Gasteiger partial charge in [0.1, 0.15) is 0 Å². The van der Waals surface area contributed by atoms with E-state index in [1.54, 1.807) is 33.8 Å². The Labute approximate surface area is 151 Å². The van der Waals surface area contributed by atoms with Crippen LogP contribution in [0.5, 0.6) is 0 Å². The second kappa shape index (κ2) is 8.94. The predicted molar refractivity (Wildman–Crippen MR) is 98.6 cm³/mol. The molecule has 1 heterocycles. The minimum Gasteiger partial charge on any atom is -0.456 e. The van der Waals surface area contributed by atoms with Crippen molar-refractivity contribution in [1.29, 1.82) is 0 Å². The fraction of sp³-hybridized carbons (Fsp3) is 0.368. The van der Waals surface area contributed by atoms with Crippen LogP contribution in [0.1, 0.15) is 20.3 Å². The summed E-state index contributed by atoms with van der Waals surface area (Å²) in [6.07, 6.45) is 1.29. The van der Waals surface area contributed by atoms with E-state index in [0.717, 1.165) is 5.57 Å². The van der Waals surface area contributed by atoms with E-state index in [2.05, 4.69) is 11.7 Å². The number of carbonyl (C=O) groups is 2. The third-order valence-corrected chi connectivity index (χ3v) is 3.84. The molecule has 7 heteroatoms. The van der Waals surface area contributed by atoms with E-state index < -0.39 is 5.97 Å². The summed E-state index contributed by atoms with van der Waals surface area (Å²) in [4.78, 5) is 37.4. The molecule has 0 radical (unpaired) electrons. The molecule has 0 fully saturated rings. The third kappa shape index (κ3) is 5.02. The van der Waals surface area contributed by atoms with Gasteiger partial charge in [-0.1, -0.05) is 24.3 Å². The lowest BCUT2D eigenvalue weighted by molar-refractivity contribution is -0.152. The fourth-order valence-electron chi connectivity index (χ4n) is 2.54. The number of ether oxygens (including phenoxy) is 1. The van der Waals surface area contributed by atoms with Crippen molar-refractivity contribution in [1.82, 2.24) is 14.7 Å². The molecule has 1 aromatic carbocycles. The van der Waals surface area contributed by atoms with Gasteiger partial charge in [-0.15, -0.1) is 0 Å². The van der Waals surface area contributed by atoms with Crippen molar-refractivity contribution in [3.05, 3.63) is 52.8 Å². The molecule has 1 aromatic heterocycles. The molecule has 0 bridgehead atoms. The van der Waals surface area contributed by atoms with Crippen molar-refractivity contribution in [3.63, 3.8) is 0 Å². The molecule has 2 aromatic rings. The summed E-state index contributed by atoms with van der Waals surface area (Å²) in [7, 11) is 0. The van der Waals surface area contributed by atoms with Crippen molar-refractivity contribution < 1.29 is 14.3 Å². The van der Waals surface area contributed by atoms with Crippen LogP contribution in [0.3, 0.4) is 0 Å². The number of aryl methyl sites for hydroxylation is 1. The van der Waals surface area contributed by atoms with Gasteiger partial charge in [-0.2, -0.15) is 5.10 Å². The van der Waals surface area contributed by atoms with E-state index in [0.29, 0.717) is 24.0 Å². The molecular weight excluding hydrogens is 334 g/mol. The van der Waals surface area contributed by atoms with E-state index >= 15 is 0 Å². The topological polar surface area (TPSA) is 81.5 Å². The molecule has 0 aliphatic heterocycles. The van der Waals surface area contributed by atoms with E-state index in [-0.39, 0.29) is 30.9 Å². The number of aromatic nitrogens is 2. The first kappa shape index (κ1) is 19.4. The van der Waals surface area contributed by atoms with Crippen LogP contribution in [0.15, 0.2) is 47.4 Å². The normalized spacial score (nSPS) is 10.5. The predicted octanol–water partition coefficient (Wildman–Crippen LogP) is 1.75. The Hall–Kier alpha value is -2.96. The van der Waals surface area contributed by atoms with Crippen LogP contribution in [-0.2, 0) is 20.9 Å². The molecular formula is C19H23N3O4. The number of para-hydroxylation sites is 1. The number of rotatable bonds is 8. The molecule has 0 saturated carbocycles. The quantitative estimate of drug-likeness (QED) is 0.531. The lowest BCUT2D eigenvalue weighted by Crippen LogP contribution is -2.35. The minimum atomic E-state index is -0.491. The van der Waals surface area contributed by atoms with E-state index in [1.165, 1.54) is 6.20 Å². The van der Waals surface area contributed by atoms with Gasteiger partial charge in [-0.05, 0) is 26.0 Å². The smallest absolute Gasteiger partial charge is 0.308 e. The zero-order valence-corrected chi connectivity index (χ0v) is 15.1. The van der Waals surface area contributed by atoms with Crippen LogP contribution < -0.4 is 5.43 Å². The van der Waals surface area contributed by atoms with Crippen molar-refractivity contribution in [2.45, 2.75) is 26.8 Å². The maximum absolute atomic E-state index is 12.1. The zero-order valence-electron chi connectivity index (χ0n) is 15.1. The Balaban J connectivity index is 1.92. The van der Waals surface area contributed by atoms with Gasteiger partial charge in [0.2, 0.25) is 5.43 Å². The molecule has 26 heavy (non-hydrogen) atoms. The van der Waals surface area contributed by atoms with E-state index in [9.17, 15) is 14.4 Å². The molecule has 0 aliphatic rings. The van der Waals surface area contributed by atoms with Crippen molar-refractivity contribution in [2.24, 2.45) is 0 Å². The van der Waals surface area contributed by atoms with Crippen LogP contribution in [-0.4, -0.2) is 46.3 Å². The molecule has 0 saturated heterocycles. The molecule has 0 aliphatic carbocycles. The highest BCUT2D eigenvalue weighted by molar-refractivity contribution is 5.81. The Bertz CT molecular complexity index is 872. The average Bonchev–Trinajstić information content (AvgIpc) is 2.63. The van der Waals surface area contributed by atoms with Crippen LogP contribution in [0, 0.1) is 0 Å². The third-order valence-electron chi connectivity index (χ3n) is 3.84. The summed E-state index contributed by atoms with van der Waals surface area (Å²) in [5.74, 6) is -0.745. The largest absolute Gasteiger partial charge is 0.456 e. The summed E-state index contributed by atoms with van der Waals surface area (Å²) in [6.45, 7) is 8.41. The highest BCUT2D eigenvalue weighted by atomic mass is 16.5. The van der Waals surface area contributed by atoms with E-state index in [4.69, 9.17) is 4.74 Å². The lowest BCUT2D eigenvalue weighted by atomic mass is 10.2. The van der Waals surface area contributed by atoms with Gasteiger partial charge in [0.05, 0.1) is 24.7 Å². The first-order chi connectivity index (χ1) is 12.4. The van der Waals surface area contributed by atoms with Crippen molar-refractivity contribution in [2.75, 3.05) is 19.7 Å². The zero-order chi connectivity index (χ0) is 19.1. The van der Waals surface area contributed by atoms with Gasteiger partial charge >= 0.3 is 5.97 Å². The number of esters is 1. The summed E-state index contributed by atoms with van der Waals surface area (Å²) in [6, 6.07) is 7.07. The van der Waals surface area contributed by atoms with Crippen LogP contribution in [0.4, 0.5) is 0 Å². The first-order valence-corrected chi connectivity index (χ1v) is 8.45. The number of likely N-dealkylation sites (N-methyl/N-ethyl adjacent to an activating group) is 1. The SMILES string of the molecule is C=C(C)CN(CC)C(=O)COC(=O)CCn1ncc(=O)c2ccccc21.